The van der Waals surface area contributed by atoms with Gasteiger partial charge in [0.1, 0.15) is 0 Å². The summed E-state index contributed by atoms with van der Waals surface area (Å²) in [6, 6.07) is 0.144. The number of amides is 1. The molecule has 3 N–H and O–H groups in total. The van der Waals surface area contributed by atoms with Gasteiger partial charge in [0.2, 0.25) is 5.91 Å². The quantitative estimate of drug-likeness (QED) is 0.729. The Kier molecular flexibility index (Phi) is 7.91. The molecular weight excluding hydrogens is 244 g/mol. The first-order valence-electron chi connectivity index (χ1n) is 5.73. The maximum Gasteiger partial charge on any atom is 0.307 e. The Hall–Kier alpha value is -0.810. The summed E-state index contributed by atoms with van der Waals surface area (Å²) >= 11 is 0. The van der Waals surface area contributed by atoms with Gasteiger partial charge < -0.3 is 15.8 Å². The Morgan fingerprint density at radius 1 is 1.41 bits per heavy atom. The van der Waals surface area contributed by atoms with Crippen molar-refractivity contribution in [3.05, 3.63) is 0 Å². The summed E-state index contributed by atoms with van der Waals surface area (Å²) in [5.74, 6) is -0.277. The van der Waals surface area contributed by atoms with Crippen LogP contribution in [-0.4, -0.2) is 31.6 Å². The zero-order valence-electron chi connectivity index (χ0n) is 10.1. The molecule has 0 heterocycles. The van der Waals surface area contributed by atoms with Crippen LogP contribution in [0.25, 0.3) is 0 Å². The number of hydrogen-bond acceptors (Lipinski definition) is 4. The Morgan fingerprint density at radius 2 is 2.12 bits per heavy atom. The summed E-state index contributed by atoms with van der Waals surface area (Å²) in [6.07, 6.45) is 3.89. The van der Waals surface area contributed by atoms with Crippen LogP contribution in [0.15, 0.2) is 0 Å². The minimum Gasteiger partial charge on any atom is -0.469 e. The largest absolute Gasteiger partial charge is 0.469 e. The molecule has 0 aliphatic heterocycles. The molecule has 0 saturated heterocycles. The van der Waals surface area contributed by atoms with E-state index in [0.717, 1.165) is 25.7 Å². The normalized spacial score (nSPS) is 23.4. The zero-order chi connectivity index (χ0) is 12.0. The number of nitrogens with one attached hydrogen (secondary N) is 1. The van der Waals surface area contributed by atoms with Crippen LogP contribution in [0.2, 0.25) is 0 Å². The molecule has 1 amide bonds. The summed E-state index contributed by atoms with van der Waals surface area (Å²) in [5, 5.41) is 2.74. The fraction of sp³-hybridized carbons (Fsp3) is 0.818. The van der Waals surface area contributed by atoms with Gasteiger partial charge in [-0.15, -0.1) is 12.4 Å². The van der Waals surface area contributed by atoms with Crippen molar-refractivity contribution in [2.75, 3.05) is 13.7 Å². The third-order valence-corrected chi connectivity index (χ3v) is 2.94. The van der Waals surface area contributed by atoms with E-state index < -0.39 is 0 Å². The van der Waals surface area contributed by atoms with Gasteiger partial charge in [-0.25, -0.2) is 0 Å². The summed E-state index contributed by atoms with van der Waals surface area (Å²) < 4.78 is 4.48. The number of methoxy groups -OCH3 is 1. The van der Waals surface area contributed by atoms with E-state index >= 15 is 0 Å². The number of esters is 1. The van der Waals surface area contributed by atoms with E-state index in [0.29, 0.717) is 6.54 Å². The van der Waals surface area contributed by atoms with Crippen LogP contribution in [-0.2, 0) is 14.3 Å². The Bertz CT molecular complexity index is 261. The highest BCUT2D eigenvalue weighted by Crippen LogP contribution is 2.22. The Balaban J connectivity index is 0.00000256. The van der Waals surface area contributed by atoms with Crippen molar-refractivity contribution >= 4 is 24.3 Å². The Labute approximate surface area is 108 Å². The van der Waals surface area contributed by atoms with Gasteiger partial charge in [-0.3, -0.25) is 9.59 Å². The molecular formula is C11H21ClN2O3. The molecule has 1 fully saturated rings. The highest BCUT2D eigenvalue weighted by Gasteiger charge is 2.24. The van der Waals surface area contributed by atoms with Gasteiger partial charge >= 0.3 is 5.97 Å². The van der Waals surface area contributed by atoms with E-state index in [1.54, 1.807) is 0 Å². The van der Waals surface area contributed by atoms with Gasteiger partial charge in [-0.1, -0.05) is 6.42 Å². The van der Waals surface area contributed by atoms with E-state index in [4.69, 9.17) is 5.73 Å². The molecule has 1 aliphatic rings. The van der Waals surface area contributed by atoms with Gasteiger partial charge in [0.25, 0.3) is 0 Å². The maximum atomic E-state index is 11.7. The molecule has 100 valence electrons. The monoisotopic (exact) mass is 264 g/mol. The predicted octanol–water partition coefficient (Wildman–Crippen LogP) is 0.605. The van der Waals surface area contributed by atoms with Crippen LogP contribution >= 0.6 is 12.4 Å². The molecule has 0 bridgehead atoms. The SMILES string of the molecule is COC(=O)CCNC(=O)C1CCCC(N)C1.Cl. The number of carbonyl (C=O) groups excluding carboxylic acids is 2. The van der Waals surface area contributed by atoms with Crippen molar-refractivity contribution in [1.29, 1.82) is 0 Å². The molecule has 1 saturated carbocycles. The first kappa shape index (κ1) is 16.2. The molecule has 1 aliphatic carbocycles. The number of halogens is 1. The van der Waals surface area contributed by atoms with Gasteiger partial charge in [0.05, 0.1) is 13.5 Å². The lowest BCUT2D eigenvalue weighted by molar-refractivity contribution is -0.140. The summed E-state index contributed by atoms with van der Waals surface area (Å²) in [4.78, 5) is 22.5. The average Bonchev–Trinajstić information content (AvgIpc) is 2.28. The summed E-state index contributed by atoms with van der Waals surface area (Å²) in [7, 11) is 1.34. The number of nitrogens with two attached hydrogens (primary N) is 1. The molecule has 5 nitrogen and oxygen atoms in total. The van der Waals surface area contributed by atoms with E-state index in [-0.39, 0.29) is 42.7 Å². The minimum atomic E-state index is -0.305. The lowest BCUT2D eigenvalue weighted by Gasteiger charge is -2.25. The van der Waals surface area contributed by atoms with E-state index in [2.05, 4.69) is 10.1 Å². The number of hydrogen-bond donors (Lipinski definition) is 2. The molecule has 17 heavy (non-hydrogen) atoms. The number of carbonyl (C=O) groups is 2. The van der Waals surface area contributed by atoms with Crippen LogP contribution < -0.4 is 11.1 Å². The summed E-state index contributed by atoms with van der Waals surface area (Å²) in [6.45, 7) is 0.344. The number of ether oxygens (including phenoxy) is 1. The molecule has 2 unspecified atom stereocenters. The van der Waals surface area contributed by atoms with Crippen LogP contribution in [0, 0.1) is 5.92 Å². The van der Waals surface area contributed by atoms with Crippen LogP contribution in [0.3, 0.4) is 0 Å². The highest BCUT2D eigenvalue weighted by atomic mass is 35.5. The second-order valence-corrected chi connectivity index (χ2v) is 4.24. The lowest BCUT2D eigenvalue weighted by Crippen LogP contribution is -2.38. The lowest BCUT2D eigenvalue weighted by atomic mass is 9.85. The topological polar surface area (TPSA) is 81.4 Å². The van der Waals surface area contributed by atoms with Crippen LogP contribution in [0.4, 0.5) is 0 Å². The fourth-order valence-electron chi connectivity index (χ4n) is 2.00. The smallest absolute Gasteiger partial charge is 0.307 e. The van der Waals surface area contributed by atoms with E-state index in [1.165, 1.54) is 7.11 Å². The van der Waals surface area contributed by atoms with Crippen molar-refractivity contribution in [2.24, 2.45) is 11.7 Å². The molecule has 2 atom stereocenters. The molecule has 0 radical (unpaired) electrons. The standard InChI is InChI=1S/C11H20N2O3.ClH/c1-16-10(14)5-6-13-11(15)8-3-2-4-9(12)7-8;/h8-9H,2-7,12H2,1H3,(H,13,15);1H. The van der Waals surface area contributed by atoms with Crippen molar-refractivity contribution < 1.29 is 14.3 Å². The van der Waals surface area contributed by atoms with Crippen molar-refractivity contribution in [3.63, 3.8) is 0 Å². The van der Waals surface area contributed by atoms with E-state index in [9.17, 15) is 9.59 Å². The van der Waals surface area contributed by atoms with Crippen LogP contribution in [0.1, 0.15) is 32.1 Å². The molecule has 0 aromatic carbocycles. The fourth-order valence-corrected chi connectivity index (χ4v) is 2.00. The maximum absolute atomic E-state index is 11.7. The Morgan fingerprint density at radius 3 is 2.71 bits per heavy atom. The van der Waals surface area contributed by atoms with Gasteiger partial charge in [0.15, 0.2) is 0 Å². The zero-order valence-corrected chi connectivity index (χ0v) is 10.9. The third-order valence-electron chi connectivity index (χ3n) is 2.94. The van der Waals surface area contributed by atoms with Gasteiger partial charge in [-0.2, -0.15) is 0 Å². The molecule has 0 aromatic heterocycles. The van der Waals surface area contributed by atoms with Crippen LogP contribution in [0.5, 0.6) is 0 Å². The molecule has 6 heteroatoms. The number of rotatable bonds is 4. The highest BCUT2D eigenvalue weighted by molar-refractivity contribution is 5.85. The van der Waals surface area contributed by atoms with Gasteiger partial charge in [0, 0.05) is 18.5 Å². The second-order valence-electron chi connectivity index (χ2n) is 4.24. The average molecular weight is 265 g/mol. The van der Waals surface area contributed by atoms with Crippen molar-refractivity contribution in [1.82, 2.24) is 5.32 Å². The minimum absolute atomic E-state index is 0. The first-order valence-corrected chi connectivity index (χ1v) is 5.73. The first-order chi connectivity index (χ1) is 7.63. The van der Waals surface area contributed by atoms with Crippen molar-refractivity contribution in [2.45, 2.75) is 38.1 Å². The molecule has 1 rings (SSSR count). The molecule has 0 spiro atoms. The second kappa shape index (κ2) is 8.31. The predicted molar refractivity (Wildman–Crippen MR) is 66.8 cm³/mol. The third kappa shape index (κ3) is 5.89. The summed E-state index contributed by atoms with van der Waals surface area (Å²) in [5.41, 5.74) is 5.81. The molecule has 0 aromatic rings. The van der Waals surface area contributed by atoms with Crippen molar-refractivity contribution in [3.8, 4) is 0 Å². The van der Waals surface area contributed by atoms with E-state index in [1.807, 2.05) is 0 Å². The van der Waals surface area contributed by atoms with Gasteiger partial charge in [-0.05, 0) is 19.3 Å².